The largest absolute Gasteiger partial charge is 0.397 e. The number of H-pyrrole nitrogens is 1. The first-order valence-electron chi connectivity index (χ1n) is 3.33. The summed E-state index contributed by atoms with van der Waals surface area (Å²) in [4.78, 5) is 6.30. The van der Waals surface area contributed by atoms with Crippen LogP contribution in [0, 0.1) is 4.77 Å². The highest BCUT2D eigenvalue weighted by atomic mass is 32.1. The smallest absolute Gasteiger partial charge is 0.200 e. The molecule has 0 aliphatic rings. The Bertz CT molecular complexity index is 262. The first-order valence-corrected chi connectivity index (χ1v) is 3.74. The van der Waals surface area contributed by atoms with Crippen molar-refractivity contribution in [2.45, 2.75) is 6.92 Å². The quantitative estimate of drug-likeness (QED) is 0.439. The van der Waals surface area contributed by atoms with E-state index >= 15 is 0 Å². The van der Waals surface area contributed by atoms with Crippen molar-refractivity contribution in [1.29, 1.82) is 0 Å². The molecule has 0 fully saturated rings. The van der Waals surface area contributed by atoms with Crippen LogP contribution in [0.2, 0.25) is 0 Å². The standard InChI is InChI=1S/C4H6N4S.C2H6O/c5-2-1-3(6)8-4(9)7-2;1-2-3/h1H,(H5,5,6,7,8,9);3H,2H2,1H3. The van der Waals surface area contributed by atoms with E-state index in [1.807, 2.05) is 0 Å². The fourth-order valence-electron chi connectivity index (χ4n) is 0.496. The van der Waals surface area contributed by atoms with Gasteiger partial charge in [0.15, 0.2) is 4.77 Å². The van der Waals surface area contributed by atoms with Gasteiger partial charge >= 0.3 is 0 Å². The highest BCUT2D eigenvalue weighted by Gasteiger charge is 1.87. The zero-order chi connectivity index (χ0) is 9.56. The van der Waals surface area contributed by atoms with Gasteiger partial charge in [0.1, 0.15) is 11.6 Å². The molecule has 0 atom stereocenters. The van der Waals surface area contributed by atoms with Crippen LogP contribution in [0.3, 0.4) is 0 Å². The van der Waals surface area contributed by atoms with Gasteiger partial charge in [0.05, 0.1) is 0 Å². The molecule has 5 nitrogen and oxygen atoms in total. The van der Waals surface area contributed by atoms with Crippen molar-refractivity contribution < 1.29 is 5.11 Å². The summed E-state index contributed by atoms with van der Waals surface area (Å²) in [5.74, 6) is 0.781. The molecule has 0 aliphatic heterocycles. The van der Waals surface area contributed by atoms with Gasteiger partial charge in [-0.1, -0.05) is 0 Å². The molecule has 0 saturated carbocycles. The predicted octanol–water partition coefficient (Wildman–Crippen LogP) is 0.302. The number of rotatable bonds is 0. The summed E-state index contributed by atoms with van der Waals surface area (Å²) >= 11 is 4.66. The molecular formula is C6H12N4OS. The Kier molecular flexibility index (Phi) is 4.98. The van der Waals surface area contributed by atoms with Crippen LogP contribution in [0.25, 0.3) is 0 Å². The molecule has 1 rings (SSSR count). The van der Waals surface area contributed by atoms with E-state index in [-0.39, 0.29) is 6.61 Å². The Hall–Kier alpha value is -1.14. The molecule has 1 aromatic heterocycles. The SMILES string of the molecule is CCO.Nc1cc(N)[nH]c(=S)n1. The van der Waals surface area contributed by atoms with Crippen molar-refractivity contribution in [2.24, 2.45) is 0 Å². The second kappa shape index (κ2) is 5.50. The molecule has 0 radical (unpaired) electrons. The lowest BCUT2D eigenvalue weighted by molar-refractivity contribution is 0.318. The lowest BCUT2D eigenvalue weighted by Gasteiger charge is -1.92. The Morgan fingerprint density at radius 1 is 1.67 bits per heavy atom. The van der Waals surface area contributed by atoms with Crippen LogP contribution in [0.1, 0.15) is 6.92 Å². The Morgan fingerprint density at radius 3 is 2.50 bits per heavy atom. The number of nitrogen functional groups attached to an aromatic ring is 2. The van der Waals surface area contributed by atoms with Crippen molar-refractivity contribution in [3.8, 4) is 0 Å². The molecule has 0 aliphatic carbocycles. The van der Waals surface area contributed by atoms with Crippen LogP contribution in [0.15, 0.2) is 6.07 Å². The number of hydrogen-bond donors (Lipinski definition) is 4. The Labute approximate surface area is 75.4 Å². The number of aromatic nitrogens is 2. The summed E-state index contributed by atoms with van der Waals surface area (Å²) in [5, 5.41) is 7.57. The van der Waals surface area contributed by atoms with Crippen LogP contribution in [0.5, 0.6) is 0 Å². The number of aliphatic hydroxyl groups is 1. The normalized spacial score (nSPS) is 8.50. The molecule has 0 saturated heterocycles. The van der Waals surface area contributed by atoms with Crippen molar-refractivity contribution in [2.75, 3.05) is 18.1 Å². The third-order valence-corrected chi connectivity index (χ3v) is 0.979. The second-order valence-electron chi connectivity index (χ2n) is 1.88. The van der Waals surface area contributed by atoms with Gasteiger partial charge in [-0.25, -0.2) is 4.98 Å². The summed E-state index contributed by atoms with van der Waals surface area (Å²) in [6, 6.07) is 1.51. The fraction of sp³-hybridized carbons (Fsp3) is 0.333. The lowest BCUT2D eigenvalue weighted by atomic mass is 10.5. The maximum atomic E-state index is 7.57. The molecule has 0 amide bonds. The van der Waals surface area contributed by atoms with Gasteiger partial charge in [0.25, 0.3) is 0 Å². The average molecular weight is 188 g/mol. The predicted molar refractivity (Wildman–Crippen MR) is 51.0 cm³/mol. The number of anilines is 2. The van der Waals surface area contributed by atoms with E-state index in [0.29, 0.717) is 16.4 Å². The van der Waals surface area contributed by atoms with Crippen LogP contribution < -0.4 is 11.5 Å². The monoisotopic (exact) mass is 188 g/mol. The molecule has 1 aromatic rings. The van der Waals surface area contributed by atoms with Crippen molar-refractivity contribution >= 4 is 23.9 Å². The summed E-state index contributed by atoms with van der Waals surface area (Å²) in [6.07, 6.45) is 0. The summed E-state index contributed by atoms with van der Waals surface area (Å²) in [7, 11) is 0. The highest BCUT2D eigenvalue weighted by Crippen LogP contribution is 1.99. The van der Waals surface area contributed by atoms with E-state index in [0.717, 1.165) is 0 Å². The van der Waals surface area contributed by atoms with Gasteiger partial charge < -0.3 is 21.6 Å². The number of nitrogens with zero attached hydrogens (tertiary/aromatic N) is 1. The number of nitrogens with one attached hydrogen (secondary N) is 1. The zero-order valence-corrected chi connectivity index (χ0v) is 7.56. The zero-order valence-electron chi connectivity index (χ0n) is 6.74. The first kappa shape index (κ1) is 10.9. The maximum absolute atomic E-state index is 7.57. The first-order chi connectivity index (χ1) is 5.60. The number of hydrogen-bond acceptors (Lipinski definition) is 5. The summed E-state index contributed by atoms with van der Waals surface area (Å²) < 4.78 is 0.313. The second-order valence-corrected chi connectivity index (χ2v) is 2.27. The molecule has 0 spiro atoms. The van der Waals surface area contributed by atoms with Crippen LogP contribution in [-0.4, -0.2) is 21.7 Å². The maximum Gasteiger partial charge on any atom is 0.200 e. The molecule has 12 heavy (non-hydrogen) atoms. The van der Waals surface area contributed by atoms with Gasteiger partial charge in [-0.15, -0.1) is 0 Å². The van der Waals surface area contributed by atoms with E-state index in [9.17, 15) is 0 Å². The Morgan fingerprint density at radius 2 is 2.17 bits per heavy atom. The third kappa shape index (κ3) is 4.64. The molecule has 68 valence electrons. The minimum Gasteiger partial charge on any atom is -0.397 e. The Balaban J connectivity index is 0.000000354. The minimum atomic E-state index is 0.250. The number of nitrogens with two attached hydrogens (primary N) is 2. The van der Waals surface area contributed by atoms with Crippen LogP contribution in [0.4, 0.5) is 11.6 Å². The van der Waals surface area contributed by atoms with E-state index in [2.05, 4.69) is 22.2 Å². The van der Waals surface area contributed by atoms with E-state index in [1.165, 1.54) is 6.07 Å². The molecule has 1 heterocycles. The van der Waals surface area contributed by atoms with Gasteiger partial charge in [-0.2, -0.15) is 0 Å². The van der Waals surface area contributed by atoms with E-state index < -0.39 is 0 Å². The molecule has 0 aromatic carbocycles. The molecule has 0 bridgehead atoms. The lowest BCUT2D eigenvalue weighted by Crippen LogP contribution is -1.96. The molecule has 6 N–H and O–H groups in total. The topological polar surface area (TPSA) is 101 Å². The average Bonchev–Trinajstić information content (AvgIpc) is 1.84. The van der Waals surface area contributed by atoms with Gasteiger partial charge in [0.2, 0.25) is 0 Å². The number of aliphatic hydroxyl groups excluding tert-OH is 1. The number of aromatic amines is 1. The molecule has 6 heteroatoms. The van der Waals surface area contributed by atoms with E-state index in [4.69, 9.17) is 16.6 Å². The van der Waals surface area contributed by atoms with Gasteiger partial charge in [-0.05, 0) is 19.1 Å². The van der Waals surface area contributed by atoms with Crippen LogP contribution in [-0.2, 0) is 0 Å². The van der Waals surface area contributed by atoms with Crippen molar-refractivity contribution in [3.63, 3.8) is 0 Å². The van der Waals surface area contributed by atoms with Crippen molar-refractivity contribution in [1.82, 2.24) is 9.97 Å². The third-order valence-electron chi connectivity index (χ3n) is 0.785. The minimum absolute atomic E-state index is 0.250. The van der Waals surface area contributed by atoms with Crippen LogP contribution >= 0.6 is 12.2 Å². The highest BCUT2D eigenvalue weighted by molar-refractivity contribution is 7.71. The molecule has 0 unspecified atom stereocenters. The summed E-state index contributed by atoms with van der Waals surface area (Å²) in [6.45, 7) is 1.93. The summed E-state index contributed by atoms with van der Waals surface area (Å²) in [5.41, 5.74) is 10.6. The van der Waals surface area contributed by atoms with E-state index in [1.54, 1.807) is 6.92 Å². The van der Waals surface area contributed by atoms with Gasteiger partial charge in [0, 0.05) is 12.7 Å². The molecular weight excluding hydrogens is 176 g/mol. The van der Waals surface area contributed by atoms with Crippen molar-refractivity contribution in [3.05, 3.63) is 10.8 Å². The van der Waals surface area contributed by atoms with Gasteiger partial charge in [-0.3, -0.25) is 0 Å². The fourth-order valence-corrected chi connectivity index (χ4v) is 0.720.